The summed E-state index contributed by atoms with van der Waals surface area (Å²) >= 11 is 1.36. The molecule has 0 aliphatic carbocycles. The third-order valence-electron chi connectivity index (χ3n) is 3.10. The van der Waals surface area contributed by atoms with Gasteiger partial charge in [0, 0.05) is 30.5 Å². The molecule has 2 rings (SSSR count). The Hall–Kier alpha value is -1.63. The predicted octanol–water partition coefficient (Wildman–Crippen LogP) is 1.62. The van der Waals surface area contributed by atoms with Gasteiger partial charge in [-0.3, -0.25) is 4.79 Å². The average Bonchev–Trinajstić information content (AvgIpc) is 2.90. The summed E-state index contributed by atoms with van der Waals surface area (Å²) in [6, 6.07) is 1.96. The molecule has 0 spiro atoms. The molecule has 0 aromatic carbocycles. The van der Waals surface area contributed by atoms with Crippen molar-refractivity contribution < 1.29 is 4.79 Å². The van der Waals surface area contributed by atoms with E-state index in [0.29, 0.717) is 10.9 Å². The Bertz CT molecular complexity index is 601. The van der Waals surface area contributed by atoms with Crippen molar-refractivity contribution in [3.05, 3.63) is 23.0 Å². The second-order valence-corrected chi connectivity index (χ2v) is 5.27. The Balaban J connectivity index is 2.10. The van der Waals surface area contributed by atoms with Crippen molar-refractivity contribution in [3.8, 4) is 0 Å². The Morgan fingerprint density at radius 1 is 1.42 bits per heavy atom. The van der Waals surface area contributed by atoms with E-state index in [4.69, 9.17) is 0 Å². The van der Waals surface area contributed by atoms with Crippen LogP contribution in [0.3, 0.4) is 0 Å². The topological polar surface area (TPSA) is 65.6 Å². The number of ketones is 1. The van der Waals surface area contributed by atoms with Crippen molar-refractivity contribution >= 4 is 17.5 Å². The number of thioether (sulfide) groups is 1. The molecule has 102 valence electrons. The van der Waals surface area contributed by atoms with Crippen molar-refractivity contribution in [3.63, 3.8) is 0 Å². The van der Waals surface area contributed by atoms with E-state index in [9.17, 15) is 4.79 Å². The van der Waals surface area contributed by atoms with Gasteiger partial charge in [-0.1, -0.05) is 11.8 Å². The molecule has 0 radical (unpaired) electrons. The van der Waals surface area contributed by atoms with E-state index >= 15 is 0 Å². The number of Topliss-reactive ketones (excluding diaryl/α,β-unsaturated/α-hetero) is 1. The first kappa shape index (κ1) is 13.8. The number of aryl methyl sites for hydroxylation is 2. The van der Waals surface area contributed by atoms with Crippen molar-refractivity contribution in [2.75, 3.05) is 5.75 Å². The number of nitrogens with zero attached hydrogens (tertiary/aromatic N) is 5. The normalized spacial score (nSPS) is 10.9. The van der Waals surface area contributed by atoms with E-state index in [2.05, 4.69) is 27.0 Å². The Morgan fingerprint density at radius 3 is 2.68 bits per heavy atom. The lowest BCUT2D eigenvalue weighted by Gasteiger charge is -2.05. The number of carbonyl (C=O) groups excluding carboxylic acids is 1. The molecule has 2 aromatic rings. The summed E-state index contributed by atoms with van der Waals surface area (Å²) in [5.74, 6) is 0.461. The first-order valence-corrected chi connectivity index (χ1v) is 7.08. The molecule has 19 heavy (non-hydrogen) atoms. The maximum atomic E-state index is 12.2. The zero-order valence-electron chi connectivity index (χ0n) is 11.5. The highest BCUT2D eigenvalue weighted by molar-refractivity contribution is 7.99. The van der Waals surface area contributed by atoms with Crippen LogP contribution in [0.2, 0.25) is 0 Å². The minimum atomic E-state index is 0.112. The minimum absolute atomic E-state index is 0.112. The van der Waals surface area contributed by atoms with Crippen LogP contribution in [0.1, 0.15) is 28.7 Å². The Kier molecular flexibility index (Phi) is 4.04. The van der Waals surface area contributed by atoms with Gasteiger partial charge in [-0.25, -0.2) is 4.68 Å². The molecule has 0 aliphatic heterocycles. The predicted molar refractivity (Wildman–Crippen MR) is 73.4 cm³/mol. The molecule has 0 saturated carbocycles. The van der Waals surface area contributed by atoms with E-state index < -0.39 is 0 Å². The first-order valence-electron chi connectivity index (χ1n) is 6.09. The highest BCUT2D eigenvalue weighted by atomic mass is 32.2. The van der Waals surface area contributed by atoms with Crippen molar-refractivity contribution in [2.45, 2.75) is 32.5 Å². The summed E-state index contributed by atoms with van der Waals surface area (Å²) < 4.78 is 3.70. The number of tetrazole rings is 1. The lowest BCUT2D eigenvalue weighted by molar-refractivity contribution is 0.102. The summed E-state index contributed by atoms with van der Waals surface area (Å²) in [4.78, 5) is 12.2. The molecule has 0 fully saturated rings. The second-order valence-electron chi connectivity index (χ2n) is 4.33. The van der Waals surface area contributed by atoms with Crippen LogP contribution in [0.5, 0.6) is 0 Å². The third kappa shape index (κ3) is 2.70. The number of hydrogen-bond donors (Lipinski definition) is 0. The standard InChI is InChI=1S/C12H17N5OS/c1-5-17-8(2)6-10(9(17)3)11(18)7-19-12-13-14-15-16(12)4/h6H,5,7H2,1-4H3. The molecule has 0 aliphatic rings. The maximum absolute atomic E-state index is 12.2. The first-order chi connectivity index (χ1) is 9.04. The van der Waals surface area contributed by atoms with Crippen LogP contribution in [0.4, 0.5) is 0 Å². The van der Waals surface area contributed by atoms with Gasteiger partial charge in [0.25, 0.3) is 0 Å². The molecular weight excluding hydrogens is 262 g/mol. The third-order valence-corrected chi connectivity index (χ3v) is 4.11. The van der Waals surface area contributed by atoms with E-state index in [0.717, 1.165) is 23.5 Å². The smallest absolute Gasteiger partial charge is 0.209 e. The molecule has 0 saturated heterocycles. The van der Waals surface area contributed by atoms with Crippen LogP contribution < -0.4 is 0 Å². The fourth-order valence-electron chi connectivity index (χ4n) is 2.12. The van der Waals surface area contributed by atoms with Crippen LogP contribution in [-0.2, 0) is 13.6 Å². The maximum Gasteiger partial charge on any atom is 0.209 e. The van der Waals surface area contributed by atoms with Gasteiger partial charge >= 0.3 is 0 Å². The lowest BCUT2D eigenvalue weighted by Crippen LogP contribution is -2.06. The Morgan fingerprint density at radius 2 is 2.16 bits per heavy atom. The van der Waals surface area contributed by atoms with E-state index in [1.165, 1.54) is 11.8 Å². The number of hydrogen-bond acceptors (Lipinski definition) is 5. The highest BCUT2D eigenvalue weighted by Crippen LogP contribution is 2.19. The summed E-state index contributed by atoms with van der Waals surface area (Å²) in [5.41, 5.74) is 2.94. The average molecular weight is 279 g/mol. The van der Waals surface area contributed by atoms with Gasteiger partial charge in [0.15, 0.2) is 5.78 Å². The van der Waals surface area contributed by atoms with Crippen LogP contribution in [0.25, 0.3) is 0 Å². The molecule has 0 N–H and O–H groups in total. The fraction of sp³-hybridized carbons (Fsp3) is 0.500. The van der Waals surface area contributed by atoms with Crippen molar-refractivity contribution in [2.24, 2.45) is 7.05 Å². The van der Waals surface area contributed by atoms with Gasteiger partial charge < -0.3 is 4.57 Å². The molecule has 0 bridgehead atoms. The van der Waals surface area contributed by atoms with Gasteiger partial charge in [-0.15, -0.1) is 5.10 Å². The monoisotopic (exact) mass is 279 g/mol. The van der Waals surface area contributed by atoms with Crippen LogP contribution in [0, 0.1) is 13.8 Å². The largest absolute Gasteiger partial charge is 0.349 e. The van der Waals surface area contributed by atoms with Gasteiger partial charge in [-0.05, 0) is 37.3 Å². The van der Waals surface area contributed by atoms with Crippen LogP contribution in [-0.4, -0.2) is 36.3 Å². The second kappa shape index (κ2) is 5.56. The number of rotatable bonds is 5. The highest BCUT2D eigenvalue weighted by Gasteiger charge is 2.16. The number of aromatic nitrogens is 5. The summed E-state index contributed by atoms with van der Waals surface area (Å²) in [5, 5.41) is 11.8. The van der Waals surface area contributed by atoms with Gasteiger partial charge in [0.1, 0.15) is 0 Å². The quantitative estimate of drug-likeness (QED) is 0.614. The molecule has 0 atom stereocenters. The lowest BCUT2D eigenvalue weighted by atomic mass is 10.2. The molecule has 2 heterocycles. The Labute approximate surface area is 116 Å². The van der Waals surface area contributed by atoms with E-state index in [1.54, 1.807) is 11.7 Å². The van der Waals surface area contributed by atoms with Gasteiger partial charge in [-0.2, -0.15) is 0 Å². The zero-order valence-corrected chi connectivity index (χ0v) is 12.4. The van der Waals surface area contributed by atoms with Crippen molar-refractivity contribution in [1.82, 2.24) is 24.8 Å². The van der Waals surface area contributed by atoms with Crippen LogP contribution >= 0.6 is 11.8 Å². The molecule has 0 amide bonds. The SMILES string of the molecule is CCn1c(C)cc(C(=O)CSc2nnnn2C)c1C. The van der Waals surface area contributed by atoms with Crippen LogP contribution in [0.15, 0.2) is 11.2 Å². The van der Waals surface area contributed by atoms with E-state index in [-0.39, 0.29) is 5.78 Å². The molecule has 7 heteroatoms. The van der Waals surface area contributed by atoms with Gasteiger partial charge in [0.2, 0.25) is 5.16 Å². The minimum Gasteiger partial charge on any atom is -0.349 e. The molecule has 0 unspecified atom stereocenters. The molecule has 2 aromatic heterocycles. The van der Waals surface area contributed by atoms with Crippen molar-refractivity contribution in [1.29, 1.82) is 0 Å². The number of carbonyl (C=O) groups is 1. The molecular formula is C12H17N5OS. The van der Waals surface area contributed by atoms with Gasteiger partial charge in [0.05, 0.1) is 5.75 Å². The molecule has 6 nitrogen and oxygen atoms in total. The van der Waals surface area contributed by atoms with E-state index in [1.807, 2.05) is 19.9 Å². The summed E-state index contributed by atoms with van der Waals surface area (Å²) in [6.07, 6.45) is 0. The summed E-state index contributed by atoms with van der Waals surface area (Å²) in [7, 11) is 1.76. The zero-order chi connectivity index (χ0) is 14.0. The summed E-state index contributed by atoms with van der Waals surface area (Å²) in [6.45, 7) is 6.96. The fourth-order valence-corrected chi connectivity index (χ4v) is 2.85.